The minimum Gasteiger partial charge on any atom is -0.481 e. The molecule has 0 aliphatic rings. The van der Waals surface area contributed by atoms with Gasteiger partial charge in [0, 0.05) is 12.8 Å². The van der Waals surface area contributed by atoms with Gasteiger partial charge in [0.2, 0.25) is 0 Å². The molecule has 4 heteroatoms. The highest BCUT2D eigenvalue weighted by Crippen LogP contribution is 2.16. The molecule has 266 valence electrons. The molecule has 0 rings (SSSR count). The summed E-state index contributed by atoms with van der Waals surface area (Å²) in [5.74, 6) is -0.772. The number of hydrogen-bond acceptors (Lipinski definition) is 3. The highest BCUT2D eigenvalue weighted by molar-refractivity contribution is 5.69. The van der Waals surface area contributed by atoms with Crippen molar-refractivity contribution >= 4 is 11.9 Å². The van der Waals surface area contributed by atoms with E-state index >= 15 is 0 Å². The lowest BCUT2D eigenvalue weighted by atomic mass is 10.0. The standard InChI is InChI=1S/C42H74O4/c1-3-5-7-9-11-13-14-15-16-17-18-19-20-21-22-23-25-31-35-39-42(45)46-40(36-32-28-24-12-10-8-6-4-2)37-33-29-26-27-30-34-38-41(43)44/h6,8,12,15-16,24,32,36,40H,3-5,7,9-11,13-14,17-23,25-31,33-35,37-39H2,1-2H3,(H,43,44)/b8-6-,16-15-,24-12-,36-32-. The first-order valence-electron chi connectivity index (χ1n) is 19.6. The Labute approximate surface area is 285 Å². The fraction of sp³-hybridized carbons (Fsp3) is 0.762. The third-order valence-corrected chi connectivity index (χ3v) is 8.52. The SMILES string of the molecule is CC/C=C\C/C=C\C/C=C\C(CCCCCCCCC(=O)O)OC(=O)CCCCCCCCCCC/C=C\CCCCCCCC. The normalized spacial score (nSPS) is 12.7. The van der Waals surface area contributed by atoms with Crippen LogP contribution >= 0.6 is 0 Å². The van der Waals surface area contributed by atoms with Gasteiger partial charge in [0.15, 0.2) is 0 Å². The Morgan fingerprint density at radius 3 is 1.52 bits per heavy atom. The third kappa shape index (κ3) is 36.4. The van der Waals surface area contributed by atoms with E-state index in [2.05, 4.69) is 62.5 Å². The minimum absolute atomic E-state index is 0.0652. The average Bonchev–Trinajstić information content (AvgIpc) is 3.04. The first-order valence-corrected chi connectivity index (χ1v) is 19.6. The lowest BCUT2D eigenvalue weighted by molar-refractivity contribution is -0.147. The van der Waals surface area contributed by atoms with Crippen LogP contribution in [0, 0.1) is 0 Å². The second kappa shape index (κ2) is 37.4. The van der Waals surface area contributed by atoms with Crippen LogP contribution in [0.5, 0.6) is 0 Å². The number of carboxylic acids is 1. The van der Waals surface area contributed by atoms with Crippen LogP contribution in [0.4, 0.5) is 0 Å². The molecular formula is C42H74O4. The molecule has 0 aromatic rings. The lowest BCUT2D eigenvalue weighted by Gasteiger charge is -2.14. The van der Waals surface area contributed by atoms with Gasteiger partial charge in [0.05, 0.1) is 0 Å². The van der Waals surface area contributed by atoms with E-state index in [-0.39, 0.29) is 18.5 Å². The fourth-order valence-corrected chi connectivity index (χ4v) is 5.64. The number of carbonyl (C=O) groups is 2. The number of ether oxygens (including phenoxy) is 1. The summed E-state index contributed by atoms with van der Waals surface area (Å²) >= 11 is 0. The summed E-state index contributed by atoms with van der Waals surface area (Å²) in [7, 11) is 0. The Balaban J connectivity index is 3.99. The monoisotopic (exact) mass is 643 g/mol. The number of aliphatic carboxylic acids is 1. The maximum atomic E-state index is 12.6. The summed E-state index contributed by atoms with van der Waals surface area (Å²) in [5.41, 5.74) is 0. The Morgan fingerprint density at radius 2 is 0.978 bits per heavy atom. The molecule has 46 heavy (non-hydrogen) atoms. The van der Waals surface area contributed by atoms with Gasteiger partial charge in [-0.05, 0) is 76.7 Å². The van der Waals surface area contributed by atoms with E-state index in [0.717, 1.165) is 77.0 Å². The van der Waals surface area contributed by atoms with Gasteiger partial charge in [-0.2, -0.15) is 0 Å². The molecule has 0 saturated heterocycles. The molecule has 0 fully saturated rings. The van der Waals surface area contributed by atoms with Gasteiger partial charge in [-0.25, -0.2) is 0 Å². The number of rotatable bonds is 35. The third-order valence-electron chi connectivity index (χ3n) is 8.52. The second-order valence-electron chi connectivity index (χ2n) is 13.1. The molecule has 0 amide bonds. The van der Waals surface area contributed by atoms with Crippen molar-refractivity contribution in [1.29, 1.82) is 0 Å². The van der Waals surface area contributed by atoms with Gasteiger partial charge in [0.1, 0.15) is 6.10 Å². The van der Waals surface area contributed by atoms with Crippen LogP contribution in [0.2, 0.25) is 0 Å². The maximum absolute atomic E-state index is 12.6. The summed E-state index contributed by atoms with van der Waals surface area (Å²) in [6, 6.07) is 0. The van der Waals surface area contributed by atoms with Crippen LogP contribution in [0.15, 0.2) is 48.6 Å². The molecule has 0 heterocycles. The molecule has 0 saturated carbocycles. The highest BCUT2D eigenvalue weighted by atomic mass is 16.5. The predicted molar refractivity (Wildman–Crippen MR) is 199 cm³/mol. The molecule has 0 aromatic heterocycles. The van der Waals surface area contributed by atoms with Gasteiger partial charge in [-0.3, -0.25) is 9.59 Å². The summed E-state index contributed by atoms with van der Waals surface area (Å²) < 4.78 is 5.89. The van der Waals surface area contributed by atoms with Crippen molar-refractivity contribution in [3.05, 3.63) is 48.6 Å². The van der Waals surface area contributed by atoms with E-state index in [4.69, 9.17) is 9.84 Å². The molecule has 1 unspecified atom stereocenters. The van der Waals surface area contributed by atoms with Crippen LogP contribution in [-0.2, 0) is 14.3 Å². The second-order valence-corrected chi connectivity index (χ2v) is 13.1. The van der Waals surface area contributed by atoms with E-state index in [1.165, 1.54) is 96.3 Å². The van der Waals surface area contributed by atoms with Gasteiger partial charge in [-0.1, -0.05) is 159 Å². The van der Waals surface area contributed by atoms with Crippen molar-refractivity contribution < 1.29 is 19.4 Å². The Bertz CT molecular complexity index is 779. The van der Waals surface area contributed by atoms with Gasteiger partial charge < -0.3 is 9.84 Å². The quantitative estimate of drug-likeness (QED) is 0.0424. The summed E-state index contributed by atoms with van der Waals surface area (Å²) in [6.45, 7) is 4.42. The van der Waals surface area contributed by atoms with Crippen molar-refractivity contribution in [2.75, 3.05) is 0 Å². The topological polar surface area (TPSA) is 63.6 Å². The van der Waals surface area contributed by atoms with Crippen molar-refractivity contribution in [1.82, 2.24) is 0 Å². The molecule has 0 aromatic carbocycles. The zero-order valence-electron chi connectivity index (χ0n) is 30.4. The number of carboxylic acid groups (broad SMARTS) is 1. The molecule has 0 radical (unpaired) electrons. The first-order chi connectivity index (χ1) is 22.6. The zero-order chi connectivity index (χ0) is 33.6. The number of unbranched alkanes of at least 4 members (excludes halogenated alkanes) is 20. The molecule has 0 aliphatic heterocycles. The number of allylic oxidation sites excluding steroid dienone is 7. The summed E-state index contributed by atoms with van der Waals surface area (Å²) in [4.78, 5) is 23.3. The first kappa shape index (κ1) is 43.9. The van der Waals surface area contributed by atoms with Crippen LogP contribution in [0.1, 0.15) is 200 Å². The number of esters is 1. The molecule has 1 atom stereocenters. The lowest BCUT2D eigenvalue weighted by Crippen LogP contribution is -2.16. The smallest absolute Gasteiger partial charge is 0.306 e. The Kier molecular flexibility index (Phi) is 35.7. The van der Waals surface area contributed by atoms with E-state index in [1.54, 1.807) is 0 Å². The minimum atomic E-state index is -0.706. The average molecular weight is 643 g/mol. The van der Waals surface area contributed by atoms with E-state index in [0.29, 0.717) is 6.42 Å². The maximum Gasteiger partial charge on any atom is 0.306 e. The van der Waals surface area contributed by atoms with Crippen molar-refractivity contribution in [2.45, 2.75) is 206 Å². The Hall–Kier alpha value is -2.10. The zero-order valence-corrected chi connectivity index (χ0v) is 30.4. The molecule has 1 N–H and O–H groups in total. The molecule has 0 spiro atoms. The highest BCUT2D eigenvalue weighted by Gasteiger charge is 2.11. The Morgan fingerprint density at radius 1 is 0.522 bits per heavy atom. The molecule has 0 bridgehead atoms. The number of hydrogen-bond donors (Lipinski definition) is 1. The largest absolute Gasteiger partial charge is 0.481 e. The van der Waals surface area contributed by atoms with Crippen LogP contribution in [-0.4, -0.2) is 23.1 Å². The van der Waals surface area contributed by atoms with Crippen LogP contribution in [0.25, 0.3) is 0 Å². The predicted octanol–water partition coefficient (Wildman–Crippen LogP) is 13.6. The van der Waals surface area contributed by atoms with Crippen LogP contribution in [0.3, 0.4) is 0 Å². The number of carbonyl (C=O) groups excluding carboxylic acids is 1. The molecule has 0 aliphatic carbocycles. The van der Waals surface area contributed by atoms with Crippen molar-refractivity contribution in [3.8, 4) is 0 Å². The summed E-state index contributed by atoms with van der Waals surface area (Å²) in [5, 5.41) is 8.77. The fourth-order valence-electron chi connectivity index (χ4n) is 5.64. The van der Waals surface area contributed by atoms with Gasteiger partial charge in [0.25, 0.3) is 0 Å². The van der Waals surface area contributed by atoms with E-state index in [1.807, 2.05) is 0 Å². The molecule has 4 nitrogen and oxygen atoms in total. The molecular weight excluding hydrogens is 568 g/mol. The van der Waals surface area contributed by atoms with Gasteiger partial charge >= 0.3 is 11.9 Å². The van der Waals surface area contributed by atoms with E-state index < -0.39 is 5.97 Å². The van der Waals surface area contributed by atoms with Crippen molar-refractivity contribution in [2.24, 2.45) is 0 Å². The summed E-state index contributed by atoms with van der Waals surface area (Å²) in [6.07, 6.45) is 50.1. The van der Waals surface area contributed by atoms with Gasteiger partial charge in [-0.15, -0.1) is 0 Å². The van der Waals surface area contributed by atoms with Crippen molar-refractivity contribution in [3.63, 3.8) is 0 Å². The van der Waals surface area contributed by atoms with Crippen LogP contribution < -0.4 is 0 Å². The van der Waals surface area contributed by atoms with E-state index in [9.17, 15) is 9.59 Å².